The maximum Gasteiger partial charge on any atom is 0.416 e. The van der Waals surface area contributed by atoms with Crippen molar-refractivity contribution in [3.63, 3.8) is 0 Å². The first-order valence-electron chi connectivity index (χ1n) is 10.8. The molecule has 0 radical (unpaired) electrons. The van der Waals surface area contributed by atoms with Crippen LogP contribution in [0.2, 0.25) is 15.1 Å². The molecule has 13 heteroatoms. The minimum absolute atomic E-state index is 0.0870. The molecule has 3 rings (SSSR count). The van der Waals surface area contributed by atoms with Gasteiger partial charge in [-0.25, -0.2) is 5.43 Å². The third kappa shape index (κ3) is 8.01. The molecule has 2 N–H and O–H groups in total. The number of nitrogens with zero attached hydrogens (tertiary/aromatic N) is 1. The Morgan fingerprint density at radius 2 is 1.74 bits per heavy atom. The number of anilines is 1. The second-order valence-corrected chi connectivity index (χ2v) is 8.73. The maximum absolute atomic E-state index is 12.9. The summed E-state index contributed by atoms with van der Waals surface area (Å²) in [7, 11) is 0. The molecule has 3 aromatic carbocycles. The van der Waals surface area contributed by atoms with Crippen LogP contribution in [-0.4, -0.2) is 31.2 Å². The van der Waals surface area contributed by atoms with Crippen LogP contribution in [-0.2, 0) is 11.0 Å². The van der Waals surface area contributed by atoms with Crippen LogP contribution in [0, 0.1) is 0 Å². The smallest absolute Gasteiger partial charge is 0.416 e. The van der Waals surface area contributed by atoms with Gasteiger partial charge in [-0.15, -0.1) is 0 Å². The van der Waals surface area contributed by atoms with Crippen molar-refractivity contribution in [3.05, 3.63) is 86.4 Å². The van der Waals surface area contributed by atoms with Crippen LogP contribution in [0.1, 0.15) is 28.4 Å². The predicted octanol–water partition coefficient (Wildman–Crippen LogP) is 6.85. The van der Waals surface area contributed by atoms with Crippen molar-refractivity contribution in [2.24, 2.45) is 5.10 Å². The Bertz CT molecular complexity index is 1370. The summed E-state index contributed by atoms with van der Waals surface area (Å²) in [4.78, 5) is 24.5. The van der Waals surface area contributed by atoms with E-state index in [4.69, 9.17) is 44.3 Å². The van der Waals surface area contributed by atoms with Crippen LogP contribution in [0.15, 0.2) is 59.7 Å². The van der Waals surface area contributed by atoms with E-state index in [9.17, 15) is 22.8 Å². The molecule has 0 aliphatic heterocycles. The second kappa shape index (κ2) is 12.9. The molecular weight excluding hydrogens is 570 g/mol. The lowest BCUT2D eigenvalue weighted by Gasteiger charge is -2.14. The van der Waals surface area contributed by atoms with Gasteiger partial charge in [0, 0.05) is 11.3 Å². The van der Waals surface area contributed by atoms with Crippen molar-refractivity contribution in [2.75, 3.05) is 18.5 Å². The summed E-state index contributed by atoms with van der Waals surface area (Å²) in [6.07, 6.45) is -3.36. The monoisotopic (exact) mass is 587 g/mol. The molecule has 0 aliphatic rings. The molecular formula is C25H19Cl3F3N3O4. The lowest BCUT2D eigenvalue weighted by Crippen LogP contribution is -2.20. The fraction of sp³-hybridized carbons (Fsp3) is 0.160. The predicted molar refractivity (Wildman–Crippen MR) is 140 cm³/mol. The van der Waals surface area contributed by atoms with E-state index < -0.39 is 30.2 Å². The highest BCUT2D eigenvalue weighted by Crippen LogP contribution is 2.36. The third-order valence-corrected chi connectivity index (χ3v) is 5.73. The van der Waals surface area contributed by atoms with Gasteiger partial charge in [0.05, 0.1) is 33.5 Å². The van der Waals surface area contributed by atoms with Gasteiger partial charge in [-0.3, -0.25) is 9.59 Å². The Morgan fingerprint density at radius 1 is 0.974 bits per heavy atom. The van der Waals surface area contributed by atoms with Gasteiger partial charge in [-0.05, 0) is 61.0 Å². The Kier molecular flexibility index (Phi) is 9.84. The Balaban J connectivity index is 1.67. The fourth-order valence-corrected chi connectivity index (χ4v) is 3.61. The van der Waals surface area contributed by atoms with Crippen molar-refractivity contribution in [3.8, 4) is 11.5 Å². The number of hydrazone groups is 1. The number of alkyl halides is 3. The van der Waals surface area contributed by atoms with Gasteiger partial charge in [0.2, 0.25) is 0 Å². The summed E-state index contributed by atoms with van der Waals surface area (Å²) in [6, 6.07) is 11.5. The Hall–Kier alpha value is -3.47. The standard InChI is InChI=1S/C25H19Cl3F3N3O4/c1-2-37-21-9-14(12-32-34-24(36)15-4-3-5-16(10-15)25(29,30)31)8-20(28)23(21)38-13-22(35)33-17-6-7-18(26)19(27)11-17/h3-12H,2,13H2,1H3,(H,33,35)(H,34,36)/b32-12+. The lowest BCUT2D eigenvalue weighted by molar-refractivity contribution is -0.137. The second-order valence-electron chi connectivity index (χ2n) is 7.51. The molecule has 200 valence electrons. The minimum Gasteiger partial charge on any atom is -0.490 e. The van der Waals surface area contributed by atoms with Crippen molar-refractivity contribution in [2.45, 2.75) is 13.1 Å². The molecule has 0 bridgehead atoms. The lowest BCUT2D eigenvalue weighted by atomic mass is 10.1. The molecule has 38 heavy (non-hydrogen) atoms. The average Bonchev–Trinajstić information content (AvgIpc) is 2.85. The van der Waals surface area contributed by atoms with E-state index in [0.717, 1.165) is 18.2 Å². The maximum atomic E-state index is 12.9. The SMILES string of the molecule is CCOc1cc(/C=N/NC(=O)c2cccc(C(F)(F)F)c2)cc(Cl)c1OCC(=O)Nc1ccc(Cl)c(Cl)c1. The van der Waals surface area contributed by atoms with E-state index in [1.165, 1.54) is 36.5 Å². The van der Waals surface area contributed by atoms with Crippen LogP contribution in [0.3, 0.4) is 0 Å². The molecule has 0 fully saturated rings. The number of nitrogens with one attached hydrogen (secondary N) is 2. The normalized spacial score (nSPS) is 11.3. The zero-order chi connectivity index (χ0) is 27.9. The summed E-state index contributed by atoms with van der Waals surface area (Å²) < 4.78 is 49.7. The van der Waals surface area contributed by atoms with E-state index in [1.807, 2.05) is 0 Å². The average molecular weight is 589 g/mol. The van der Waals surface area contributed by atoms with E-state index in [-0.39, 0.29) is 33.7 Å². The number of ether oxygens (including phenoxy) is 2. The number of amides is 2. The molecule has 0 atom stereocenters. The van der Waals surface area contributed by atoms with Crippen molar-refractivity contribution in [1.29, 1.82) is 0 Å². The van der Waals surface area contributed by atoms with Crippen LogP contribution >= 0.6 is 34.8 Å². The number of carbonyl (C=O) groups excluding carboxylic acids is 2. The summed E-state index contributed by atoms with van der Waals surface area (Å²) in [6.45, 7) is 1.57. The van der Waals surface area contributed by atoms with E-state index >= 15 is 0 Å². The zero-order valence-corrected chi connectivity index (χ0v) is 21.8. The Morgan fingerprint density at radius 3 is 2.42 bits per heavy atom. The van der Waals surface area contributed by atoms with Gasteiger partial charge in [-0.1, -0.05) is 40.9 Å². The summed E-state index contributed by atoms with van der Waals surface area (Å²) in [5.74, 6) is -1.03. The van der Waals surface area contributed by atoms with Crippen LogP contribution in [0.4, 0.5) is 18.9 Å². The fourth-order valence-electron chi connectivity index (χ4n) is 3.04. The highest BCUT2D eigenvalue weighted by Gasteiger charge is 2.30. The first-order valence-corrected chi connectivity index (χ1v) is 12.0. The van der Waals surface area contributed by atoms with Gasteiger partial charge < -0.3 is 14.8 Å². The molecule has 0 unspecified atom stereocenters. The van der Waals surface area contributed by atoms with E-state index in [2.05, 4.69) is 15.8 Å². The molecule has 2 amide bonds. The van der Waals surface area contributed by atoms with Crippen molar-refractivity contribution in [1.82, 2.24) is 5.43 Å². The van der Waals surface area contributed by atoms with Crippen LogP contribution in [0.5, 0.6) is 11.5 Å². The van der Waals surface area contributed by atoms with Crippen molar-refractivity contribution < 1.29 is 32.2 Å². The quantitative estimate of drug-likeness (QED) is 0.211. The highest BCUT2D eigenvalue weighted by molar-refractivity contribution is 6.42. The Labute approximate surface area is 230 Å². The van der Waals surface area contributed by atoms with Gasteiger partial charge in [0.15, 0.2) is 18.1 Å². The molecule has 0 aliphatic carbocycles. The van der Waals surface area contributed by atoms with Crippen LogP contribution in [0.25, 0.3) is 0 Å². The molecule has 0 saturated heterocycles. The number of benzene rings is 3. The number of carbonyl (C=O) groups is 2. The topological polar surface area (TPSA) is 89.0 Å². The zero-order valence-electron chi connectivity index (χ0n) is 19.5. The van der Waals surface area contributed by atoms with Gasteiger partial charge in [0.1, 0.15) is 0 Å². The number of rotatable bonds is 9. The molecule has 0 spiro atoms. The number of halogens is 6. The van der Waals surface area contributed by atoms with Crippen LogP contribution < -0.4 is 20.2 Å². The van der Waals surface area contributed by atoms with Gasteiger partial charge >= 0.3 is 6.18 Å². The largest absolute Gasteiger partial charge is 0.490 e. The molecule has 7 nitrogen and oxygen atoms in total. The number of hydrogen-bond acceptors (Lipinski definition) is 5. The summed E-state index contributed by atoms with van der Waals surface area (Å²) in [5, 5.41) is 7.08. The minimum atomic E-state index is -4.58. The third-order valence-electron chi connectivity index (χ3n) is 4.71. The van der Waals surface area contributed by atoms with E-state index in [0.29, 0.717) is 16.3 Å². The first kappa shape index (κ1) is 29.1. The van der Waals surface area contributed by atoms with Gasteiger partial charge in [-0.2, -0.15) is 18.3 Å². The van der Waals surface area contributed by atoms with E-state index in [1.54, 1.807) is 13.0 Å². The highest BCUT2D eigenvalue weighted by atomic mass is 35.5. The summed E-state index contributed by atoms with van der Waals surface area (Å²) in [5.41, 5.74) is 1.79. The van der Waals surface area contributed by atoms with Gasteiger partial charge in [0.25, 0.3) is 11.8 Å². The van der Waals surface area contributed by atoms with Crippen molar-refractivity contribution >= 4 is 58.5 Å². The molecule has 0 heterocycles. The molecule has 0 saturated carbocycles. The molecule has 0 aromatic heterocycles. The summed E-state index contributed by atoms with van der Waals surface area (Å²) >= 11 is 18.1. The number of hydrogen-bond donors (Lipinski definition) is 2. The first-order chi connectivity index (χ1) is 18.0. The molecule has 3 aromatic rings.